The summed E-state index contributed by atoms with van der Waals surface area (Å²) in [5.41, 5.74) is 0. The lowest BCUT2D eigenvalue weighted by molar-refractivity contribution is 0.0514. The van der Waals surface area contributed by atoms with E-state index in [-0.39, 0.29) is 12.6 Å². The van der Waals surface area contributed by atoms with Crippen molar-refractivity contribution in [1.29, 1.82) is 0 Å². The lowest BCUT2D eigenvalue weighted by Crippen LogP contribution is -2.47. The van der Waals surface area contributed by atoms with Gasteiger partial charge in [0.25, 0.3) is 0 Å². The summed E-state index contributed by atoms with van der Waals surface area (Å²) in [7, 11) is 0. The van der Waals surface area contributed by atoms with Crippen molar-refractivity contribution in [2.45, 2.75) is 341 Å². The molecule has 9 heteroatoms. The first-order valence-corrected chi connectivity index (χ1v) is 35.9. The van der Waals surface area contributed by atoms with Crippen LogP contribution < -0.4 is 5.32 Å². The summed E-state index contributed by atoms with van der Waals surface area (Å²) in [5.74, 6) is 28.5. The molecular formula is C76H134N4O5. The van der Waals surface area contributed by atoms with E-state index in [2.05, 4.69) is 113 Å². The van der Waals surface area contributed by atoms with Crippen LogP contribution in [0.5, 0.6) is 0 Å². The number of hydrogen-bond donors (Lipinski definition) is 6. The van der Waals surface area contributed by atoms with Crippen LogP contribution in [-0.4, -0.2) is 143 Å². The van der Waals surface area contributed by atoms with Crippen molar-refractivity contribution in [2.24, 2.45) is 0 Å². The fraction of sp³-hybridized carbons (Fsp3) is 0.842. The maximum atomic E-state index is 11.5. The number of nitrogens with zero attached hydrogens (tertiary/aromatic N) is 3. The summed E-state index contributed by atoms with van der Waals surface area (Å²) >= 11 is 0. The minimum absolute atomic E-state index is 0.258. The zero-order valence-electron chi connectivity index (χ0n) is 55.9. The molecule has 0 aromatic heterocycles. The van der Waals surface area contributed by atoms with Gasteiger partial charge in [0.1, 0.15) is 6.10 Å². The Hall–Kier alpha value is -3.00. The van der Waals surface area contributed by atoms with Gasteiger partial charge in [-0.2, -0.15) is 0 Å². The average molecular weight is 1180 g/mol. The molecule has 0 amide bonds. The van der Waals surface area contributed by atoms with E-state index in [1.165, 1.54) is 212 Å². The van der Waals surface area contributed by atoms with Gasteiger partial charge in [-0.3, -0.25) is 14.7 Å². The van der Waals surface area contributed by atoms with Crippen LogP contribution in [0.1, 0.15) is 310 Å². The van der Waals surface area contributed by atoms with Gasteiger partial charge in [-0.15, -0.1) is 6.42 Å². The van der Waals surface area contributed by atoms with Crippen LogP contribution in [0, 0.1) is 71.5 Å². The van der Waals surface area contributed by atoms with Gasteiger partial charge in [-0.1, -0.05) is 290 Å². The van der Waals surface area contributed by atoms with E-state index in [0.29, 0.717) is 58.8 Å². The van der Waals surface area contributed by atoms with E-state index in [1.807, 2.05) is 0 Å². The second kappa shape index (κ2) is 66.9. The van der Waals surface area contributed by atoms with Gasteiger partial charge in [0, 0.05) is 72.0 Å². The number of terminal acetylenes is 1. The van der Waals surface area contributed by atoms with Crippen molar-refractivity contribution >= 4 is 0 Å². The zero-order valence-corrected chi connectivity index (χ0v) is 55.9. The highest BCUT2D eigenvalue weighted by Crippen LogP contribution is 2.17. The molecule has 9 nitrogen and oxygen atoms in total. The normalized spacial score (nSPS) is 12.9. The minimum atomic E-state index is -0.984. The maximum absolute atomic E-state index is 11.5. The van der Waals surface area contributed by atoms with Crippen molar-refractivity contribution in [1.82, 2.24) is 20.0 Å². The highest BCUT2D eigenvalue weighted by atomic mass is 16.3. The third-order valence-corrected chi connectivity index (χ3v) is 16.7. The quantitative estimate of drug-likeness (QED) is 0.0261. The van der Waals surface area contributed by atoms with E-state index in [1.54, 1.807) is 0 Å². The van der Waals surface area contributed by atoms with E-state index in [9.17, 15) is 25.5 Å². The van der Waals surface area contributed by atoms with Crippen LogP contribution in [0.3, 0.4) is 0 Å². The predicted molar refractivity (Wildman–Crippen MR) is 366 cm³/mol. The molecule has 0 saturated carbocycles. The van der Waals surface area contributed by atoms with Crippen LogP contribution in [0.2, 0.25) is 0 Å². The second-order valence-corrected chi connectivity index (χ2v) is 25.0. The summed E-state index contributed by atoms with van der Waals surface area (Å²) < 4.78 is 0. The van der Waals surface area contributed by atoms with Gasteiger partial charge < -0.3 is 30.8 Å². The Bertz CT molecular complexity index is 1780. The minimum Gasteiger partial charge on any atom is -0.392 e. The molecule has 0 aromatic carbocycles. The number of aliphatic hydroxyl groups is 5. The van der Waals surface area contributed by atoms with Crippen molar-refractivity contribution in [2.75, 3.05) is 72.0 Å². The lowest BCUT2D eigenvalue weighted by Gasteiger charge is -2.32. The first-order valence-electron chi connectivity index (χ1n) is 35.9. The van der Waals surface area contributed by atoms with E-state index >= 15 is 0 Å². The van der Waals surface area contributed by atoms with Crippen LogP contribution in [-0.2, 0) is 0 Å². The number of unbranched alkanes of at least 4 members (excludes halogenated alkanes) is 36. The third-order valence-electron chi connectivity index (χ3n) is 16.7. The van der Waals surface area contributed by atoms with Gasteiger partial charge in [0.05, 0.1) is 24.4 Å². The number of hydrogen-bond acceptors (Lipinski definition) is 9. The summed E-state index contributed by atoms with van der Waals surface area (Å²) in [6.45, 7) is 15.6. The molecule has 0 radical (unpaired) electrons. The molecule has 0 heterocycles. The Morgan fingerprint density at radius 1 is 0.294 bits per heavy atom. The molecule has 85 heavy (non-hydrogen) atoms. The Balaban J connectivity index is 6.21. The summed E-state index contributed by atoms with van der Waals surface area (Å²) in [5, 5.41) is 60.4. The topological polar surface area (TPSA) is 123 Å². The maximum Gasteiger partial charge on any atom is 0.128 e. The molecule has 5 unspecified atom stereocenters. The number of rotatable bonds is 63. The SMILES string of the molecule is C#CC#CC#CC#CC#CC#CC(O)CN(CCN(CCNCC(O)CCCCCCCCCCCC)CCN(CC(O)CCCCCCCCCCCC)CC(O)CCCCCCCCCCCC)CC(O)CCCCCCCCCCCC. The number of nitrogens with one attached hydrogen (secondary N) is 1. The van der Waals surface area contributed by atoms with Crippen LogP contribution in [0.4, 0.5) is 0 Å². The summed E-state index contributed by atoms with van der Waals surface area (Å²) in [4.78, 5) is 6.88. The molecule has 0 aliphatic rings. The Labute approximate surface area is 527 Å². The Kier molecular flexibility index (Phi) is 64.6. The molecule has 6 N–H and O–H groups in total. The molecular weight excluding hydrogens is 1050 g/mol. The van der Waals surface area contributed by atoms with E-state index in [4.69, 9.17) is 6.42 Å². The Morgan fingerprint density at radius 2 is 0.553 bits per heavy atom. The highest BCUT2D eigenvalue weighted by Gasteiger charge is 2.20. The van der Waals surface area contributed by atoms with E-state index < -0.39 is 24.4 Å². The smallest absolute Gasteiger partial charge is 0.128 e. The second-order valence-electron chi connectivity index (χ2n) is 25.0. The van der Waals surface area contributed by atoms with Gasteiger partial charge >= 0.3 is 0 Å². The van der Waals surface area contributed by atoms with Crippen LogP contribution in [0.15, 0.2) is 0 Å². The molecule has 0 rings (SSSR count). The highest BCUT2D eigenvalue weighted by molar-refractivity contribution is 5.43. The molecule has 0 aliphatic heterocycles. The average Bonchev–Trinajstić information content (AvgIpc) is 3.56. The van der Waals surface area contributed by atoms with Gasteiger partial charge in [0.15, 0.2) is 0 Å². The van der Waals surface area contributed by atoms with Gasteiger partial charge in [-0.25, -0.2) is 0 Å². The van der Waals surface area contributed by atoms with Crippen molar-refractivity contribution < 1.29 is 25.5 Å². The lowest BCUT2D eigenvalue weighted by atomic mass is 10.0. The van der Waals surface area contributed by atoms with Crippen LogP contribution in [0.25, 0.3) is 0 Å². The molecule has 0 aliphatic carbocycles. The molecule has 0 saturated heterocycles. The van der Waals surface area contributed by atoms with Crippen LogP contribution >= 0.6 is 0 Å². The molecule has 0 spiro atoms. The molecule has 0 fully saturated rings. The van der Waals surface area contributed by atoms with Gasteiger partial charge in [-0.05, 0) is 84.9 Å². The standard InChI is InChI=1S/C76H134N4O5/c1-6-11-16-21-26-31-36-41-46-51-56-72(81)67-77-61-62-78(63-65-79(68-73(82)57-52-47-42-37-32-27-22-17-12-7-2)69-74(83)58-53-48-43-38-33-28-23-18-13-8-3)64-66-80(70-75(84)59-54-49-44-39-34-29-24-19-14-9-4)71-76(85)60-55-50-45-40-35-30-25-20-15-10-5/h2,72-77,81-85H,6,8-11,13-16,18-21,23-26,28-31,33-36,38-41,43-46,48-51,53-56,58-71H2,1,3-5H3. The van der Waals surface area contributed by atoms with Crippen molar-refractivity contribution in [3.63, 3.8) is 0 Å². The fourth-order valence-corrected chi connectivity index (χ4v) is 11.3. The third kappa shape index (κ3) is 62.4. The van der Waals surface area contributed by atoms with Crippen molar-refractivity contribution in [3.05, 3.63) is 0 Å². The molecule has 0 bridgehead atoms. The first kappa shape index (κ1) is 82.0. The Morgan fingerprint density at radius 3 is 0.871 bits per heavy atom. The largest absolute Gasteiger partial charge is 0.392 e. The van der Waals surface area contributed by atoms with Crippen molar-refractivity contribution in [3.8, 4) is 71.5 Å². The fourth-order valence-electron chi connectivity index (χ4n) is 11.3. The first-order chi connectivity index (χ1) is 41.7. The zero-order chi connectivity index (χ0) is 62.0. The number of aliphatic hydroxyl groups excluding tert-OH is 5. The summed E-state index contributed by atoms with van der Waals surface area (Å²) in [6.07, 6.45) is 55.8. The monoisotopic (exact) mass is 1180 g/mol. The van der Waals surface area contributed by atoms with E-state index in [0.717, 1.165) is 77.3 Å². The summed E-state index contributed by atoms with van der Waals surface area (Å²) in [6, 6.07) is 0. The molecule has 488 valence electrons. The van der Waals surface area contributed by atoms with Gasteiger partial charge in [0.2, 0.25) is 0 Å². The molecule has 5 atom stereocenters. The molecule has 0 aromatic rings. The predicted octanol–water partition coefficient (Wildman–Crippen LogP) is 15.2.